The van der Waals surface area contributed by atoms with Crippen molar-refractivity contribution in [3.8, 4) is 11.5 Å². The Kier molecular flexibility index (Phi) is 2.91. The van der Waals surface area contributed by atoms with Crippen LogP contribution in [0.3, 0.4) is 0 Å². The molecule has 0 spiro atoms. The summed E-state index contributed by atoms with van der Waals surface area (Å²) in [4.78, 5) is 14.8. The molecule has 4 N–H and O–H groups in total. The molecular formula is C12H11N3O2. The van der Waals surface area contributed by atoms with Gasteiger partial charge in [-0.05, 0) is 18.2 Å². The summed E-state index contributed by atoms with van der Waals surface area (Å²) in [6.07, 6.45) is 1.45. The highest BCUT2D eigenvalue weighted by atomic mass is 16.5. The lowest BCUT2D eigenvalue weighted by Crippen LogP contribution is -2.12. The Morgan fingerprint density at radius 3 is 2.71 bits per heavy atom. The van der Waals surface area contributed by atoms with Crippen LogP contribution >= 0.6 is 0 Å². The zero-order chi connectivity index (χ0) is 12.3. The summed E-state index contributed by atoms with van der Waals surface area (Å²) in [6.45, 7) is 0. The average Bonchev–Trinajstić information content (AvgIpc) is 2.32. The van der Waals surface area contributed by atoms with Crippen LogP contribution in [0.1, 0.15) is 10.5 Å². The minimum Gasteiger partial charge on any atom is -0.455 e. The van der Waals surface area contributed by atoms with Crippen LogP contribution < -0.4 is 16.2 Å². The topological polar surface area (TPSA) is 91.2 Å². The molecule has 86 valence electrons. The number of primary amides is 1. The molecule has 0 aliphatic rings. The van der Waals surface area contributed by atoms with Gasteiger partial charge in [0.05, 0.1) is 5.69 Å². The number of para-hydroxylation sites is 2. The second kappa shape index (κ2) is 4.52. The molecule has 0 unspecified atom stereocenters. The number of aromatic nitrogens is 1. The Hall–Kier alpha value is -2.56. The molecule has 17 heavy (non-hydrogen) atoms. The van der Waals surface area contributed by atoms with Gasteiger partial charge in [0.15, 0.2) is 0 Å². The molecule has 0 aliphatic carbocycles. The molecule has 1 aromatic carbocycles. The van der Waals surface area contributed by atoms with E-state index in [1.807, 2.05) is 12.1 Å². The SMILES string of the molecule is NC(=O)c1cc(Oc2ccccc2N)ccn1. The number of carbonyl (C=O) groups is 1. The number of hydrogen-bond acceptors (Lipinski definition) is 4. The number of nitrogens with zero attached hydrogens (tertiary/aromatic N) is 1. The van der Waals surface area contributed by atoms with Gasteiger partial charge in [0.25, 0.3) is 5.91 Å². The van der Waals surface area contributed by atoms with E-state index >= 15 is 0 Å². The van der Waals surface area contributed by atoms with Gasteiger partial charge in [0.2, 0.25) is 0 Å². The van der Waals surface area contributed by atoms with Crippen molar-refractivity contribution < 1.29 is 9.53 Å². The van der Waals surface area contributed by atoms with Gasteiger partial charge in [-0.1, -0.05) is 12.1 Å². The number of pyridine rings is 1. The maximum atomic E-state index is 11.0. The van der Waals surface area contributed by atoms with Crippen LogP contribution in [-0.4, -0.2) is 10.9 Å². The molecule has 1 amide bonds. The molecule has 0 bridgehead atoms. The average molecular weight is 229 g/mol. The minimum atomic E-state index is -0.600. The van der Waals surface area contributed by atoms with Crippen molar-refractivity contribution in [1.29, 1.82) is 0 Å². The van der Waals surface area contributed by atoms with Crippen LogP contribution in [0.25, 0.3) is 0 Å². The van der Waals surface area contributed by atoms with Crippen molar-refractivity contribution in [2.24, 2.45) is 5.73 Å². The predicted molar refractivity (Wildman–Crippen MR) is 63.7 cm³/mol. The molecule has 0 saturated carbocycles. The maximum absolute atomic E-state index is 11.0. The highest BCUT2D eigenvalue weighted by Crippen LogP contribution is 2.26. The molecule has 0 radical (unpaired) electrons. The Bertz CT molecular complexity index is 555. The van der Waals surface area contributed by atoms with Gasteiger partial charge in [-0.25, -0.2) is 0 Å². The second-order valence-corrected chi connectivity index (χ2v) is 3.38. The fourth-order valence-electron chi connectivity index (χ4n) is 1.31. The van der Waals surface area contributed by atoms with Crippen LogP contribution in [0, 0.1) is 0 Å². The largest absolute Gasteiger partial charge is 0.455 e. The van der Waals surface area contributed by atoms with Crippen molar-refractivity contribution in [3.05, 3.63) is 48.3 Å². The smallest absolute Gasteiger partial charge is 0.267 e. The van der Waals surface area contributed by atoms with Gasteiger partial charge in [0.1, 0.15) is 17.2 Å². The molecule has 5 nitrogen and oxygen atoms in total. The number of benzene rings is 1. The summed E-state index contributed by atoms with van der Waals surface area (Å²) in [5.74, 6) is 0.386. The van der Waals surface area contributed by atoms with Gasteiger partial charge in [-0.3, -0.25) is 9.78 Å². The van der Waals surface area contributed by atoms with Gasteiger partial charge >= 0.3 is 0 Å². The second-order valence-electron chi connectivity index (χ2n) is 3.38. The van der Waals surface area contributed by atoms with E-state index in [1.165, 1.54) is 12.3 Å². The van der Waals surface area contributed by atoms with Crippen LogP contribution in [0.5, 0.6) is 11.5 Å². The summed E-state index contributed by atoms with van der Waals surface area (Å²) in [6, 6.07) is 10.2. The van der Waals surface area contributed by atoms with E-state index < -0.39 is 5.91 Å². The lowest BCUT2D eigenvalue weighted by atomic mass is 10.3. The first-order chi connectivity index (χ1) is 8.16. The normalized spacial score (nSPS) is 9.88. The molecule has 1 heterocycles. The first-order valence-corrected chi connectivity index (χ1v) is 4.95. The number of nitrogens with two attached hydrogens (primary N) is 2. The fourth-order valence-corrected chi connectivity index (χ4v) is 1.31. The molecule has 2 aromatic rings. The number of carbonyl (C=O) groups excluding carboxylic acids is 1. The van der Waals surface area contributed by atoms with E-state index in [9.17, 15) is 4.79 Å². The molecular weight excluding hydrogens is 218 g/mol. The van der Waals surface area contributed by atoms with E-state index in [2.05, 4.69) is 4.98 Å². The summed E-state index contributed by atoms with van der Waals surface area (Å²) < 4.78 is 5.53. The van der Waals surface area contributed by atoms with E-state index in [1.54, 1.807) is 18.2 Å². The van der Waals surface area contributed by atoms with Crippen molar-refractivity contribution in [2.45, 2.75) is 0 Å². The Morgan fingerprint density at radius 1 is 1.24 bits per heavy atom. The van der Waals surface area contributed by atoms with E-state index in [0.29, 0.717) is 17.2 Å². The third-order valence-corrected chi connectivity index (χ3v) is 2.13. The third kappa shape index (κ3) is 2.52. The van der Waals surface area contributed by atoms with Gasteiger partial charge in [-0.2, -0.15) is 0 Å². The molecule has 0 atom stereocenters. The standard InChI is InChI=1S/C12H11N3O2/c13-9-3-1-2-4-11(9)17-8-5-6-15-10(7-8)12(14)16/h1-7H,13H2,(H2,14,16). The highest BCUT2D eigenvalue weighted by molar-refractivity contribution is 5.91. The third-order valence-electron chi connectivity index (χ3n) is 2.13. The monoisotopic (exact) mass is 229 g/mol. The first-order valence-electron chi connectivity index (χ1n) is 4.95. The molecule has 0 saturated heterocycles. The van der Waals surface area contributed by atoms with E-state index in [0.717, 1.165) is 0 Å². The minimum absolute atomic E-state index is 0.150. The zero-order valence-corrected chi connectivity index (χ0v) is 8.96. The van der Waals surface area contributed by atoms with Crippen molar-refractivity contribution in [2.75, 3.05) is 5.73 Å². The Labute approximate surface area is 98.0 Å². The maximum Gasteiger partial charge on any atom is 0.267 e. The molecule has 5 heteroatoms. The first kappa shape index (κ1) is 10.9. The van der Waals surface area contributed by atoms with Crippen molar-refractivity contribution >= 4 is 11.6 Å². The molecule has 0 aliphatic heterocycles. The fraction of sp³-hybridized carbons (Fsp3) is 0. The quantitative estimate of drug-likeness (QED) is 0.781. The lowest BCUT2D eigenvalue weighted by molar-refractivity contribution is 0.0995. The van der Waals surface area contributed by atoms with Gasteiger partial charge in [0, 0.05) is 12.3 Å². The van der Waals surface area contributed by atoms with E-state index in [4.69, 9.17) is 16.2 Å². The van der Waals surface area contributed by atoms with Crippen LogP contribution in [0.15, 0.2) is 42.6 Å². The summed E-state index contributed by atoms with van der Waals surface area (Å²) >= 11 is 0. The summed E-state index contributed by atoms with van der Waals surface area (Å²) in [5, 5.41) is 0. The number of rotatable bonds is 3. The van der Waals surface area contributed by atoms with Gasteiger partial charge in [-0.15, -0.1) is 0 Å². The Morgan fingerprint density at radius 2 is 2.00 bits per heavy atom. The summed E-state index contributed by atoms with van der Waals surface area (Å²) in [5.41, 5.74) is 11.5. The number of anilines is 1. The number of nitrogen functional groups attached to an aromatic ring is 1. The van der Waals surface area contributed by atoms with Crippen molar-refractivity contribution in [1.82, 2.24) is 4.98 Å². The van der Waals surface area contributed by atoms with Crippen LogP contribution in [-0.2, 0) is 0 Å². The summed E-state index contributed by atoms with van der Waals surface area (Å²) in [7, 11) is 0. The van der Waals surface area contributed by atoms with Gasteiger partial charge < -0.3 is 16.2 Å². The molecule has 2 rings (SSSR count). The van der Waals surface area contributed by atoms with E-state index in [-0.39, 0.29) is 5.69 Å². The Balaban J connectivity index is 2.28. The zero-order valence-electron chi connectivity index (χ0n) is 8.96. The number of ether oxygens (including phenoxy) is 1. The molecule has 1 aromatic heterocycles. The number of hydrogen-bond donors (Lipinski definition) is 2. The number of amides is 1. The van der Waals surface area contributed by atoms with Crippen molar-refractivity contribution in [3.63, 3.8) is 0 Å². The highest BCUT2D eigenvalue weighted by Gasteiger charge is 2.05. The lowest BCUT2D eigenvalue weighted by Gasteiger charge is -2.08. The van der Waals surface area contributed by atoms with Crippen LogP contribution in [0.4, 0.5) is 5.69 Å². The van der Waals surface area contributed by atoms with Crippen LogP contribution in [0.2, 0.25) is 0 Å². The predicted octanol–water partition coefficient (Wildman–Crippen LogP) is 1.55. The molecule has 0 fully saturated rings.